The summed E-state index contributed by atoms with van der Waals surface area (Å²) < 4.78 is 25.2. The van der Waals surface area contributed by atoms with Crippen molar-refractivity contribution in [3.8, 4) is 0 Å². The molecule has 0 aromatic heterocycles. The van der Waals surface area contributed by atoms with E-state index >= 15 is 0 Å². The van der Waals surface area contributed by atoms with Gasteiger partial charge in [-0.15, -0.1) is 0 Å². The Balaban J connectivity index is 2.21. The Bertz CT molecular complexity index is 734. The Hall–Kier alpha value is -1.94. The van der Waals surface area contributed by atoms with Gasteiger partial charge in [0.05, 0.1) is 9.79 Å². The highest BCUT2D eigenvalue weighted by molar-refractivity contribution is 7.91. The number of hydrogen-bond donors (Lipinski definition) is 0. The lowest BCUT2D eigenvalue weighted by molar-refractivity contribution is -0.108. The molecule has 0 bridgehead atoms. The van der Waals surface area contributed by atoms with E-state index < -0.39 is 9.84 Å². The molecule has 0 aliphatic rings. The fourth-order valence-corrected chi connectivity index (χ4v) is 4.11. The zero-order chi connectivity index (χ0) is 17.4. The van der Waals surface area contributed by atoms with Crippen LogP contribution in [0, 0.1) is 0 Å². The molecule has 3 nitrogen and oxygen atoms in total. The number of hydrogen-bond acceptors (Lipinski definition) is 3. The van der Waals surface area contributed by atoms with Crippen LogP contribution < -0.4 is 0 Å². The third kappa shape index (κ3) is 4.54. The van der Waals surface area contributed by atoms with Crippen LogP contribution in [0.5, 0.6) is 0 Å². The highest BCUT2D eigenvalue weighted by Crippen LogP contribution is 2.28. The van der Waals surface area contributed by atoms with E-state index in [1.807, 2.05) is 12.1 Å². The van der Waals surface area contributed by atoms with Crippen LogP contribution >= 0.6 is 0 Å². The Labute approximate surface area is 144 Å². The highest BCUT2D eigenvalue weighted by atomic mass is 32.2. The normalized spacial score (nSPS) is 12.7. The van der Waals surface area contributed by atoms with Crippen LogP contribution in [-0.4, -0.2) is 14.7 Å². The molecule has 0 saturated heterocycles. The molecule has 0 aliphatic carbocycles. The standard InChI is InChI=1S/C20H24O3S/c1-2-3-5-8-17(15-16-21)18-11-13-20(14-12-18)24(22,23)19-9-6-4-7-10-19/h4,6-7,9-14,16-17H,2-3,5,8,15H2,1H3. The summed E-state index contributed by atoms with van der Waals surface area (Å²) in [5.74, 6) is 0.169. The summed E-state index contributed by atoms with van der Waals surface area (Å²) in [4.78, 5) is 11.5. The Morgan fingerprint density at radius 2 is 1.54 bits per heavy atom. The Kier molecular flexibility index (Phi) is 6.73. The molecule has 2 rings (SSSR count). The zero-order valence-corrected chi connectivity index (χ0v) is 14.8. The van der Waals surface area contributed by atoms with Crippen LogP contribution in [0.1, 0.15) is 50.5 Å². The van der Waals surface area contributed by atoms with Crippen LogP contribution in [0.2, 0.25) is 0 Å². The van der Waals surface area contributed by atoms with Gasteiger partial charge in [-0.2, -0.15) is 0 Å². The molecule has 0 fully saturated rings. The summed E-state index contributed by atoms with van der Waals surface area (Å²) in [5.41, 5.74) is 1.03. The number of carbonyl (C=O) groups is 1. The predicted octanol–water partition coefficient (Wildman–Crippen LogP) is 4.77. The van der Waals surface area contributed by atoms with Gasteiger partial charge >= 0.3 is 0 Å². The minimum Gasteiger partial charge on any atom is -0.303 e. The summed E-state index contributed by atoms with van der Waals surface area (Å²) in [6, 6.07) is 15.4. The fourth-order valence-electron chi connectivity index (χ4n) is 2.83. The number of unbranched alkanes of at least 4 members (excludes halogenated alkanes) is 2. The number of benzene rings is 2. The van der Waals surface area contributed by atoms with E-state index in [9.17, 15) is 13.2 Å². The first kappa shape index (κ1) is 18.4. The molecule has 0 heterocycles. The highest BCUT2D eigenvalue weighted by Gasteiger charge is 2.18. The first-order chi connectivity index (χ1) is 11.6. The van der Waals surface area contributed by atoms with Crippen molar-refractivity contribution >= 4 is 16.1 Å². The van der Waals surface area contributed by atoms with Gasteiger partial charge in [-0.3, -0.25) is 0 Å². The van der Waals surface area contributed by atoms with Gasteiger partial charge in [0.25, 0.3) is 0 Å². The van der Waals surface area contributed by atoms with Crippen LogP contribution in [0.3, 0.4) is 0 Å². The summed E-state index contributed by atoms with van der Waals surface area (Å²) in [7, 11) is -3.48. The van der Waals surface area contributed by atoms with Crippen LogP contribution in [0.15, 0.2) is 64.4 Å². The average molecular weight is 344 g/mol. The molecule has 0 N–H and O–H groups in total. The average Bonchev–Trinajstić information content (AvgIpc) is 2.62. The van der Waals surface area contributed by atoms with E-state index in [0.717, 1.165) is 37.5 Å². The van der Waals surface area contributed by atoms with Crippen molar-refractivity contribution in [2.24, 2.45) is 0 Å². The smallest absolute Gasteiger partial charge is 0.206 e. The number of carbonyl (C=O) groups excluding carboxylic acids is 1. The van der Waals surface area contributed by atoms with Crippen LogP contribution in [0.25, 0.3) is 0 Å². The van der Waals surface area contributed by atoms with Gasteiger partial charge in [-0.1, -0.05) is 56.5 Å². The van der Waals surface area contributed by atoms with Crippen LogP contribution in [-0.2, 0) is 14.6 Å². The van der Waals surface area contributed by atoms with Gasteiger partial charge in [-0.25, -0.2) is 8.42 Å². The van der Waals surface area contributed by atoms with E-state index in [1.165, 1.54) is 0 Å². The second-order valence-corrected chi connectivity index (χ2v) is 7.93. The summed E-state index contributed by atoms with van der Waals surface area (Å²) in [5, 5.41) is 0. The molecule has 2 aromatic carbocycles. The molecule has 24 heavy (non-hydrogen) atoms. The van der Waals surface area contributed by atoms with Crippen LogP contribution in [0.4, 0.5) is 0 Å². The molecule has 1 unspecified atom stereocenters. The van der Waals surface area contributed by atoms with E-state index in [1.54, 1.807) is 42.5 Å². The van der Waals surface area contributed by atoms with Gasteiger partial charge in [0, 0.05) is 6.42 Å². The molecule has 0 saturated carbocycles. The van der Waals surface area contributed by atoms with E-state index in [0.29, 0.717) is 11.3 Å². The predicted molar refractivity (Wildman–Crippen MR) is 95.9 cm³/mol. The third-order valence-corrected chi connectivity index (χ3v) is 6.04. The zero-order valence-electron chi connectivity index (χ0n) is 14.0. The lowest BCUT2D eigenvalue weighted by atomic mass is 9.91. The van der Waals surface area contributed by atoms with E-state index in [4.69, 9.17) is 0 Å². The maximum atomic E-state index is 12.6. The summed E-state index contributed by atoms with van der Waals surface area (Å²) in [6.07, 6.45) is 5.76. The van der Waals surface area contributed by atoms with Gasteiger partial charge in [0.1, 0.15) is 6.29 Å². The van der Waals surface area contributed by atoms with E-state index in [2.05, 4.69) is 6.92 Å². The van der Waals surface area contributed by atoms with Crippen molar-refractivity contribution in [2.75, 3.05) is 0 Å². The molecule has 128 valence electrons. The molecular formula is C20H24O3S. The van der Waals surface area contributed by atoms with Crippen molar-refractivity contribution in [1.29, 1.82) is 0 Å². The van der Waals surface area contributed by atoms with Crippen molar-refractivity contribution in [1.82, 2.24) is 0 Å². The maximum Gasteiger partial charge on any atom is 0.206 e. The van der Waals surface area contributed by atoms with Crippen molar-refractivity contribution in [3.63, 3.8) is 0 Å². The van der Waals surface area contributed by atoms with Gasteiger partial charge in [-0.05, 0) is 42.2 Å². The summed E-state index contributed by atoms with van der Waals surface area (Å²) >= 11 is 0. The van der Waals surface area contributed by atoms with Crippen molar-refractivity contribution in [2.45, 2.75) is 54.7 Å². The second-order valence-electron chi connectivity index (χ2n) is 5.98. The van der Waals surface area contributed by atoms with E-state index in [-0.39, 0.29) is 10.8 Å². The molecule has 0 radical (unpaired) electrons. The SMILES string of the molecule is CCCCCC(CC=O)c1ccc(S(=O)(=O)c2ccccc2)cc1. The molecular weight excluding hydrogens is 320 g/mol. The number of rotatable bonds is 9. The lowest BCUT2D eigenvalue weighted by Gasteiger charge is -2.15. The van der Waals surface area contributed by atoms with Gasteiger partial charge in [0.2, 0.25) is 9.84 Å². The second kappa shape index (κ2) is 8.78. The molecule has 1 atom stereocenters. The Morgan fingerprint density at radius 3 is 2.12 bits per heavy atom. The fraction of sp³-hybridized carbons (Fsp3) is 0.350. The molecule has 0 aliphatic heterocycles. The number of sulfone groups is 1. The van der Waals surface area contributed by atoms with Crippen molar-refractivity contribution < 1.29 is 13.2 Å². The first-order valence-electron chi connectivity index (χ1n) is 8.43. The van der Waals surface area contributed by atoms with Crippen molar-refractivity contribution in [3.05, 3.63) is 60.2 Å². The summed E-state index contributed by atoms with van der Waals surface area (Å²) in [6.45, 7) is 2.15. The molecule has 0 spiro atoms. The number of aldehydes is 1. The Morgan fingerprint density at radius 1 is 0.917 bits per heavy atom. The maximum absolute atomic E-state index is 12.6. The molecule has 0 amide bonds. The molecule has 2 aromatic rings. The minimum atomic E-state index is -3.48. The van der Waals surface area contributed by atoms with Gasteiger partial charge < -0.3 is 4.79 Å². The minimum absolute atomic E-state index is 0.169. The molecule has 4 heteroatoms. The quantitative estimate of drug-likeness (QED) is 0.486. The largest absolute Gasteiger partial charge is 0.303 e. The topological polar surface area (TPSA) is 51.2 Å². The monoisotopic (exact) mass is 344 g/mol. The van der Waals surface area contributed by atoms with Gasteiger partial charge in [0.15, 0.2) is 0 Å². The first-order valence-corrected chi connectivity index (χ1v) is 9.91. The third-order valence-electron chi connectivity index (χ3n) is 4.25. The lowest BCUT2D eigenvalue weighted by Crippen LogP contribution is -2.04.